The van der Waals surface area contributed by atoms with Crippen molar-refractivity contribution in [3.8, 4) is 0 Å². The van der Waals surface area contributed by atoms with E-state index in [4.69, 9.17) is 4.98 Å². The second-order valence-electron chi connectivity index (χ2n) is 9.70. The second-order valence-corrected chi connectivity index (χ2v) is 13.4. The Labute approximate surface area is 215 Å². The Morgan fingerprint density at radius 2 is 1.68 bits per heavy atom. The minimum absolute atomic E-state index is 0. The number of hydrogen-bond acceptors (Lipinski definition) is 4. The second kappa shape index (κ2) is 12.5. The number of Topliss-reactive ketones (excluding diaryl/α,β-unsaturated/α-hetero) is 1. The highest BCUT2D eigenvalue weighted by atomic mass is 79.9. The maximum Gasteiger partial charge on any atom is 0.166 e. The fraction of sp³-hybridized carbons (Fsp3) is 0.630. The quantitative estimate of drug-likeness (QED) is 0.392. The zero-order chi connectivity index (χ0) is 22.7. The molecule has 5 rings (SSSR count). The smallest absolute Gasteiger partial charge is 0.166 e. The first-order valence-electron chi connectivity index (χ1n) is 11.9. The molecule has 190 valence electrons. The fourth-order valence-electron chi connectivity index (χ4n) is 5.06. The SMILES string of the molecule is BrC1=CCc2ncc3nc(C4CCCCC4)cn3c21.C.C.CS(C)(=O)=CC(=O)C1CCCCC1. The third-order valence-electron chi connectivity index (χ3n) is 6.73. The third-order valence-corrected chi connectivity index (χ3v) is 8.23. The van der Waals surface area contributed by atoms with Gasteiger partial charge in [-0.25, -0.2) is 4.98 Å². The molecule has 0 unspecified atom stereocenters. The summed E-state index contributed by atoms with van der Waals surface area (Å²) in [6.07, 6.45) is 22.7. The lowest BCUT2D eigenvalue weighted by Gasteiger charge is -2.19. The molecule has 0 atom stereocenters. The number of hydrogen-bond donors (Lipinski definition) is 0. The van der Waals surface area contributed by atoms with Gasteiger partial charge in [-0.2, -0.15) is 0 Å². The highest BCUT2D eigenvalue weighted by Gasteiger charge is 2.22. The normalized spacial score (nSPS) is 18.6. The molecule has 0 bridgehead atoms. The van der Waals surface area contributed by atoms with Gasteiger partial charge in [0.2, 0.25) is 0 Å². The van der Waals surface area contributed by atoms with E-state index in [-0.39, 0.29) is 26.6 Å². The molecule has 3 aliphatic rings. The molecule has 7 heteroatoms. The van der Waals surface area contributed by atoms with E-state index in [1.54, 1.807) is 12.5 Å². The molecule has 0 radical (unpaired) electrons. The Morgan fingerprint density at radius 3 is 2.29 bits per heavy atom. The lowest BCUT2D eigenvalue weighted by molar-refractivity contribution is -0.116. The van der Waals surface area contributed by atoms with Gasteiger partial charge in [0, 0.05) is 46.8 Å². The Hall–Kier alpha value is -1.47. The summed E-state index contributed by atoms with van der Waals surface area (Å²) >= 11 is 3.64. The standard InChI is InChI=1S/C15H16BrN3.C10H18O2S.2CH4/c16-11-6-7-12-15(11)19-9-13(18-14(19)8-17-12)10-4-2-1-3-5-10;1-13(2,12)8-10(11)9-6-4-3-5-7-9;;/h6,8-10H,1-5,7H2;8-9H,3-7H2,1-2H3;2*1H4. The predicted molar refractivity (Wildman–Crippen MR) is 151 cm³/mol. The van der Waals surface area contributed by atoms with Crippen LogP contribution in [0.25, 0.3) is 10.1 Å². The van der Waals surface area contributed by atoms with E-state index in [1.807, 2.05) is 6.20 Å². The lowest BCUT2D eigenvalue weighted by atomic mass is 9.87. The van der Waals surface area contributed by atoms with E-state index in [1.165, 1.54) is 55.3 Å². The molecule has 0 aromatic carbocycles. The van der Waals surface area contributed by atoms with Gasteiger partial charge in [-0.3, -0.25) is 18.4 Å². The van der Waals surface area contributed by atoms with Crippen molar-refractivity contribution in [3.05, 3.63) is 35.6 Å². The van der Waals surface area contributed by atoms with Crippen LogP contribution in [0.1, 0.15) is 102 Å². The van der Waals surface area contributed by atoms with Crippen molar-refractivity contribution in [3.63, 3.8) is 0 Å². The molecule has 0 aliphatic heterocycles. The molecule has 34 heavy (non-hydrogen) atoms. The summed E-state index contributed by atoms with van der Waals surface area (Å²) in [4.78, 5) is 20.9. The van der Waals surface area contributed by atoms with Gasteiger partial charge in [-0.1, -0.05) is 59.5 Å². The third kappa shape index (κ3) is 7.03. The maximum atomic E-state index is 11.6. The van der Waals surface area contributed by atoms with Crippen LogP contribution in [0.4, 0.5) is 0 Å². The van der Waals surface area contributed by atoms with Gasteiger partial charge in [-0.05, 0) is 51.1 Å². The van der Waals surface area contributed by atoms with Gasteiger partial charge in [-0.15, -0.1) is 0 Å². The summed E-state index contributed by atoms with van der Waals surface area (Å²) in [6, 6.07) is 0. The zero-order valence-corrected chi connectivity index (χ0v) is 21.6. The van der Waals surface area contributed by atoms with E-state index in [0.717, 1.165) is 47.9 Å². The van der Waals surface area contributed by atoms with E-state index >= 15 is 0 Å². The maximum absolute atomic E-state index is 11.6. The Bertz CT molecular complexity index is 1120. The summed E-state index contributed by atoms with van der Waals surface area (Å²) in [5, 5.41) is 1.43. The van der Waals surface area contributed by atoms with Gasteiger partial charge < -0.3 is 0 Å². The van der Waals surface area contributed by atoms with Crippen molar-refractivity contribution in [1.82, 2.24) is 14.4 Å². The Kier molecular flexibility index (Phi) is 10.6. The van der Waals surface area contributed by atoms with E-state index in [2.05, 4.69) is 37.6 Å². The van der Waals surface area contributed by atoms with Crippen molar-refractivity contribution in [2.24, 2.45) is 5.92 Å². The molecule has 2 saturated carbocycles. The first-order valence-corrected chi connectivity index (χ1v) is 15.1. The molecule has 0 spiro atoms. The van der Waals surface area contributed by atoms with Crippen LogP contribution in [0, 0.1) is 5.92 Å². The van der Waals surface area contributed by atoms with Crippen LogP contribution in [0.3, 0.4) is 0 Å². The van der Waals surface area contributed by atoms with Crippen LogP contribution in [-0.2, 0) is 20.7 Å². The van der Waals surface area contributed by atoms with Crippen LogP contribution >= 0.6 is 15.9 Å². The Balaban J connectivity index is 0.000000243. The molecular weight excluding hydrogens is 510 g/mol. The van der Waals surface area contributed by atoms with Crippen LogP contribution in [0.5, 0.6) is 0 Å². The van der Waals surface area contributed by atoms with E-state index < -0.39 is 9.52 Å². The van der Waals surface area contributed by atoms with Crippen LogP contribution in [-0.4, -0.2) is 42.2 Å². The highest BCUT2D eigenvalue weighted by molar-refractivity contribution is 9.15. The van der Waals surface area contributed by atoms with Crippen molar-refractivity contribution in [2.75, 3.05) is 12.5 Å². The first-order chi connectivity index (χ1) is 15.3. The molecule has 0 N–H and O–H groups in total. The monoisotopic (exact) mass is 551 g/mol. The van der Waals surface area contributed by atoms with Crippen molar-refractivity contribution >= 4 is 46.7 Å². The molecule has 2 fully saturated rings. The Morgan fingerprint density at radius 1 is 1.06 bits per heavy atom. The molecular formula is C27H42BrN3O2S. The molecule has 5 nitrogen and oxygen atoms in total. The van der Waals surface area contributed by atoms with Gasteiger partial charge in [0.15, 0.2) is 11.4 Å². The van der Waals surface area contributed by atoms with Crippen LogP contribution < -0.4 is 0 Å². The lowest BCUT2D eigenvalue weighted by Crippen LogP contribution is -2.21. The van der Waals surface area contributed by atoms with E-state index in [9.17, 15) is 9.00 Å². The average molecular weight is 553 g/mol. The fourth-order valence-corrected chi connectivity index (χ4v) is 6.40. The number of carbonyl (C=O) groups excluding carboxylic acids is 1. The van der Waals surface area contributed by atoms with Gasteiger partial charge in [0.25, 0.3) is 0 Å². The largest absolute Gasteiger partial charge is 0.296 e. The van der Waals surface area contributed by atoms with Gasteiger partial charge in [0.05, 0.1) is 23.3 Å². The number of allylic oxidation sites excluding steroid dienone is 1. The average Bonchev–Trinajstić information content (AvgIpc) is 3.38. The molecule has 2 aromatic rings. The van der Waals surface area contributed by atoms with Gasteiger partial charge in [0.1, 0.15) is 0 Å². The summed E-state index contributed by atoms with van der Waals surface area (Å²) in [5.41, 5.74) is 4.56. The summed E-state index contributed by atoms with van der Waals surface area (Å²) in [7, 11) is -2.00. The minimum Gasteiger partial charge on any atom is -0.296 e. The number of imidazole rings is 1. The summed E-state index contributed by atoms with van der Waals surface area (Å²) in [6.45, 7) is 0. The van der Waals surface area contributed by atoms with Gasteiger partial charge >= 0.3 is 0 Å². The number of nitrogens with zero attached hydrogens (tertiary/aromatic N) is 3. The number of rotatable bonds is 3. The van der Waals surface area contributed by atoms with Crippen LogP contribution in [0.15, 0.2) is 18.5 Å². The van der Waals surface area contributed by atoms with Crippen LogP contribution in [0.2, 0.25) is 0 Å². The number of carbonyl (C=O) groups is 1. The first kappa shape index (κ1) is 28.8. The van der Waals surface area contributed by atoms with Crippen molar-refractivity contribution < 1.29 is 9.00 Å². The summed E-state index contributed by atoms with van der Waals surface area (Å²) in [5.74, 6) is 0.914. The predicted octanol–water partition coefficient (Wildman–Crippen LogP) is 6.82. The number of halogens is 1. The zero-order valence-electron chi connectivity index (χ0n) is 19.2. The van der Waals surface area contributed by atoms with Crippen molar-refractivity contribution in [2.45, 2.75) is 91.4 Å². The minimum atomic E-state index is -2.00. The number of fused-ring (bicyclic) bond motifs is 3. The van der Waals surface area contributed by atoms with E-state index in [0.29, 0.717) is 5.92 Å². The van der Waals surface area contributed by atoms with Crippen molar-refractivity contribution in [1.29, 1.82) is 0 Å². The summed E-state index contributed by atoms with van der Waals surface area (Å²) < 4.78 is 14.7. The molecule has 0 saturated heterocycles. The molecule has 2 heterocycles. The topological polar surface area (TPSA) is 64.3 Å². The highest BCUT2D eigenvalue weighted by Crippen LogP contribution is 2.35. The number of aromatic nitrogens is 3. The molecule has 0 amide bonds. The molecule has 3 aliphatic carbocycles. The number of ketones is 1. The molecule has 2 aromatic heterocycles.